The SMILES string of the molecule is Cc1cccc(CNC(=O)NCC(O)c2c(F)cccc2F)c1. The highest BCUT2D eigenvalue weighted by Crippen LogP contribution is 2.19. The van der Waals surface area contributed by atoms with Crippen LogP contribution in [0.3, 0.4) is 0 Å². The molecule has 0 saturated carbocycles. The topological polar surface area (TPSA) is 61.4 Å². The number of carbonyl (C=O) groups is 1. The first-order valence-corrected chi connectivity index (χ1v) is 7.16. The van der Waals surface area contributed by atoms with Gasteiger partial charge in [0.15, 0.2) is 0 Å². The molecule has 122 valence electrons. The Morgan fingerprint density at radius 3 is 2.43 bits per heavy atom. The molecule has 2 aromatic rings. The van der Waals surface area contributed by atoms with Gasteiger partial charge >= 0.3 is 6.03 Å². The lowest BCUT2D eigenvalue weighted by Gasteiger charge is -2.14. The van der Waals surface area contributed by atoms with E-state index in [-0.39, 0.29) is 6.54 Å². The molecule has 0 aliphatic carbocycles. The average Bonchev–Trinajstić information content (AvgIpc) is 2.51. The molecule has 0 spiro atoms. The monoisotopic (exact) mass is 320 g/mol. The van der Waals surface area contributed by atoms with E-state index in [2.05, 4.69) is 10.6 Å². The van der Waals surface area contributed by atoms with E-state index in [1.165, 1.54) is 6.07 Å². The summed E-state index contributed by atoms with van der Waals surface area (Å²) in [5.41, 5.74) is 1.56. The number of nitrogens with one attached hydrogen (secondary N) is 2. The van der Waals surface area contributed by atoms with Crippen LogP contribution in [0.25, 0.3) is 0 Å². The number of hydrogen-bond donors (Lipinski definition) is 3. The minimum absolute atomic E-state index is 0.294. The van der Waals surface area contributed by atoms with E-state index in [0.717, 1.165) is 23.3 Å². The molecule has 4 nitrogen and oxygen atoms in total. The van der Waals surface area contributed by atoms with E-state index in [4.69, 9.17) is 0 Å². The van der Waals surface area contributed by atoms with Crippen molar-refractivity contribution < 1.29 is 18.7 Å². The number of halogens is 2. The molecule has 0 aromatic heterocycles. The van der Waals surface area contributed by atoms with Crippen molar-refractivity contribution >= 4 is 6.03 Å². The molecular weight excluding hydrogens is 302 g/mol. The van der Waals surface area contributed by atoms with Gasteiger partial charge in [0.05, 0.1) is 5.56 Å². The van der Waals surface area contributed by atoms with Gasteiger partial charge in [-0.1, -0.05) is 35.9 Å². The van der Waals surface area contributed by atoms with Gasteiger partial charge in [-0.15, -0.1) is 0 Å². The quantitative estimate of drug-likeness (QED) is 0.793. The van der Waals surface area contributed by atoms with Gasteiger partial charge in [-0.05, 0) is 24.6 Å². The maximum Gasteiger partial charge on any atom is 0.315 e. The largest absolute Gasteiger partial charge is 0.386 e. The van der Waals surface area contributed by atoms with Gasteiger partial charge in [-0.3, -0.25) is 0 Å². The summed E-state index contributed by atoms with van der Waals surface area (Å²) in [5.74, 6) is -1.70. The zero-order valence-electron chi connectivity index (χ0n) is 12.6. The molecule has 0 radical (unpaired) electrons. The molecule has 2 amide bonds. The Balaban J connectivity index is 1.84. The van der Waals surface area contributed by atoms with Crippen molar-refractivity contribution in [1.82, 2.24) is 10.6 Å². The van der Waals surface area contributed by atoms with Gasteiger partial charge in [0.25, 0.3) is 0 Å². The van der Waals surface area contributed by atoms with Crippen LogP contribution in [0, 0.1) is 18.6 Å². The van der Waals surface area contributed by atoms with Crippen LogP contribution in [0.2, 0.25) is 0 Å². The number of amides is 2. The smallest absolute Gasteiger partial charge is 0.315 e. The van der Waals surface area contributed by atoms with Crippen molar-refractivity contribution in [3.63, 3.8) is 0 Å². The normalized spacial score (nSPS) is 11.8. The number of aliphatic hydroxyl groups is 1. The summed E-state index contributed by atoms with van der Waals surface area (Å²) in [7, 11) is 0. The number of rotatable bonds is 5. The summed E-state index contributed by atoms with van der Waals surface area (Å²) in [6.45, 7) is 1.97. The van der Waals surface area contributed by atoms with Crippen molar-refractivity contribution in [1.29, 1.82) is 0 Å². The Morgan fingerprint density at radius 1 is 1.13 bits per heavy atom. The molecule has 6 heteroatoms. The fourth-order valence-corrected chi connectivity index (χ4v) is 2.19. The minimum atomic E-state index is -1.46. The highest BCUT2D eigenvalue weighted by atomic mass is 19.1. The molecule has 0 aliphatic rings. The highest BCUT2D eigenvalue weighted by molar-refractivity contribution is 5.73. The van der Waals surface area contributed by atoms with Gasteiger partial charge in [0.1, 0.15) is 17.7 Å². The number of aliphatic hydroxyl groups excluding tert-OH is 1. The summed E-state index contributed by atoms with van der Waals surface area (Å²) in [4.78, 5) is 11.7. The Bertz CT molecular complexity index is 672. The lowest BCUT2D eigenvalue weighted by atomic mass is 10.1. The molecule has 0 bridgehead atoms. The van der Waals surface area contributed by atoms with Crippen LogP contribution in [0.15, 0.2) is 42.5 Å². The van der Waals surface area contributed by atoms with E-state index >= 15 is 0 Å². The third-order valence-electron chi connectivity index (χ3n) is 3.32. The first kappa shape index (κ1) is 16.9. The molecule has 0 saturated heterocycles. The molecule has 3 N–H and O–H groups in total. The molecule has 1 atom stereocenters. The molecule has 0 aliphatic heterocycles. The summed E-state index contributed by atoms with van der Waals surface area (Å²) in [6.07, 6.45) is -1.46. The fourth-order valence-electron chi connectivity index (χ4n) is 2.19. The van der Waals surface area contributed by atoms with Crippen molar-refractivity contribution in [2.45, 2.75) is 19.6 Å². The summed E-state index contributed by atoms with van der Waals surface area (Å²) >= 11 is 0. The molecule has 2 rings (SSSR count). The van der Waals surface area contributed by atoms with Crippen molar-refractivity contribution in [3.8, 4) is 0 Å². The molecule has 0 heterocycles. The maximum atomic E-state index is 13.5. The third-order valence-corrected chi connectivity index (χ3v) is 3.32. The highest BCUT2D eigenvalue weighted by Gasteiger charge is 2.18. The van der Waals surface area contributed by atoms with Gasteiger partial charge in [-0.2, -0.15) is 0 Å². The Labute approximate surface area is 133 Å². The number of hydrogen-bond acceptors (Lipinski definition) is 2. The fraction of sp³-hybridized carbons (Fsp3) is 0.235. The van der Waals surface area contributed by atoms with Crippen LogP contribution in [0.5, 0.6) is 0 Å². The zero-order chi connectivity index (χ0) is 16.8. The van der Waals surface area contributed by atoms with Crippen LogP contribution in [-0.4, -0.2) is 17.7 Å². The van der Waals surface area contributed by atoms with Crippen LogP contribution < -0.4 is 10.6 Å². The molecule has 2 aromatic carbocycles. The summed E-state index contributed by atoms with van der Waals surface area (Å²) in [6, 6.07) is 10.4. The van der Waals surface area contributed by atoms with E-state index < -0.39 is 29.3 Å². The number of aryl methyl sites for hydroxylation is 1. The van der Waals surface area contributed by atoms with Crippen LogP contribution in [0.4, 0.5) is 13.6 Å². The van der Waals surface area contributed by atoms with Gasteiger partial charge < -0.3 is 15.7 Å². The average molecular weight is 320 g/mol. The lowest BCUT2D eigenvalue weighted by Crippen LogP contribution is -2.37. The number of benzene rings is 2. The lowest BCUT2D eigenvalue weighted by molar-refractivity contribution is 0.164. The van der Waals surface area contributed by atoms with E-state index in [9.17, 15) is 18.7 Å². The standard InChI is InChI=1S/C17H18F2N2O2/c1-11-4-2-5-12(8-11)9-20-17(23)21-10-15(22)16-13(18)6-3-7-14(16)19/h2-8,15,22H,9-10H2,1H3,(H2,20,21,23). The second-order valence-corrected chi connectivity index (χ2v) is 5.20. The molecule has 0 fully saturated rings. The predicted octanol–water partition coefficient (Wildman–Crippen LogP) is 2.81. The van der Waals surface area contributed by atoms with Crippen LogP contribution in [0.1, 0.15) is 22.8 Å². The maximum absolute atomic E-state index is 13.5. The van der Waals surface area contributed by atoms with Gasteiger partial charge in [0, 0.05) is 13.1 Å². The molecule has 23 heavy (non-hydrogen) atoms. The van der Waals surface area contributed by atoms with Gasteiger partial charge in [-0.25, -0.2) is 13.6 Å². The van der Waals surface area contributed by atoms with Gasteiger partial charge in [0.2, 0.25) is 0 Å². The van der Waals surface area contributed by atoms with Crippen molar-refractivity contribution in [3.05, 3.63) is 70.8 Å². The third kappa shape index (κ3) is 4.75. The first-order chi connectivity index (χ1) is 11.0. The van der Waals surface area contributed by atoms with Crippen molar-refractivity contribution in [2.75, 3.05) is 6.54 Å². The van der Waals surface area contributed by atoms with E-state index in [0.29, 0.717) is 6.54 Å². The second kappa shape index (κ2) is 7.69. The minimum Gasteiger partial charge on any atom is -0.386 e. The Kier molecular flexibility index (Phi) is 5.65. The summed E-state index contributed by atoms with van der Waals surface area (Å²) in [5, 5.41) is 14.8. The Hall–Kier alpha value is -2.47. The molecular formula is C17H18F2N2O2. The van der Waals surface area contributed by atoms with Crippen molar-refractivity contribution in [2.24, 2.45) is 0 Å². The number of carbonyl (C=O) groups excluding carboxylic acids is 1. The zero-order valence-corrected chi connectivity index (χ0v) is 12.6. The van der Waals surface area contributed by atoms with Crippen LogP contribution >= 0.6 is 0 Å². The van der Waals surface area contributed by atoms with E-state index in [1.807, 2.05) is 31.2 Å². The van der Waals surface area contributed by atoms with E-state index in [1.54, 1.807) is 0 Å². The summed E-state index contributed by atoms with van der Waals surface area (Å²) < 4.78 is 27.0. The molecule has 1 unspecified atom stereocenters. The second-order valence-electron chi connectivity index (χ2n) is 5.20. The first-order valence-electron chi connectivity index (χ1n) is 7.16. The predicted molar refractivity (Wildman–Crippen MR) is 82.7 cm³/mol. The number of urea groups is 1. The van der Waals surface area contributed by atoms with Crippen LogP contribution in [-0.2, 0) is 6.54 Å². The Morgan fingerprint density at radius 2 is 1.78 bits per heavy atom.